The standard InChI is InChI=1S/C20H19Cl2N3O2/c21-15-9-16-14(8-13(15)7-12-5-6-19(22)23-10-12)20(27)25(11-24-16)17-3-1-2-4-18(17)26/h5-6,8-11,17-18,26H,1-4,7H2/t17-,18-/m0/s1. The molecule has 0 unspecified atom stereocenters. The number of rotatable bonds is 3. The molecular weight excluding hydrogens is 385 g/mol. The molecule has 2 atom stereocenters. The predicted octanol–water partition coefficient (Wildman–Crippen LogP) is 4.17. The summed E-state index contributed by atoms with van der Waals surface area (Å²) in [5.41, 5.74) is 2.20. The van der Waals surface area contributed by atoms with Gasteiger partial charge in [-0.3, -0.25) is 9.36 Å². The van der Waals surface area contributed by atoms with E-state index in [1.54, 1.807) is 29.0 Å². The fraction of sp³-hybridized carbons (Fsp3) is 0.350. The Morgan fingerprint density at radius 2 is 1.96 bits per heavy atom. The molecule has 0 amide bonds. The van der Waals surface area contributed by atoms with E-state index < -0.39 is 6.10 Å². The number of pyridine rings is 1. The maximum atomic E-state index is 13.1. The van der Waals surface area contributed by atoms with Crippen molar-refractivity contribution >= 4 is 34.1 Å². The average molecular weight is 404 g/mol. The van der Waals surface area contributed by atoms with Gasteiger partial charge >= 0.3 is 0 Å². The highest BCUT2D eigenvalue weighted by atomic mass is 35.5. The first-order chi connectivity index (χ1) is 13.0. The molecule has 2 heterocycles. The Balaban J connectivity index is 1.76. The fourth-order valence-corrected chi connectivity index (χ4v) is 4.06. The first-order valence-electron chi connectivity index (χ1n) is 9.00. The minimum absolute atomic E-state index is 0.141. The van der Waals surface area contributed by atoms with Gasteiger partial charge in [0, 0.05) is 17.6 Å². The highest BCUT2D eigenvalue weighted by Gasteiger charge is 2.26. The lowest BCUT2D eigenvalue weighted by atomic mass is 9.92. The summed E-state index contributed by atoms with van der Waals surface area (Å²) in [6.07, 6.45) is 6.74. The van der Waals surface area contributed by atoms with Crippen LogP contribution in [0.25, 0.3) is 10.9 Å². The van der Waals surface area contributed by atoms with Crippen molar-refractivity contribution in [2.75, 3.05) is 0 Å². The molecule has 0 saturated heterocycles. The van der Waals surface area contributed by atoms with Crippen LogP contribution in [0, 0.1) is 0 Å². The number of hydrogen-bond donors (Lipinski definition) is 1. The van der Waals surface area contributed by atoms with Crippen molar-refractivity contribution < 1.29 is 5.11 Å². The van der Waals surface area contributed by atoms with Gasteiger partial charge in [-0.05, 0) is 42.2 Å². The maximum absolute atomic E-state index is 13.1. The van der Waals surface area contributed by atoms with Crippen molar-refractivity contribution in [3.05, 3.63) is 68.4 Å². The topological polar surface area (TPSA) is 68.0 Å². The van der Waals surface area contributed by atoms with E-state index in [4.69, 9.17) is 23.2 Å². The second-order valence-electron chi connectivity index (χ2n) is 7.00. The van der Waals surface area contributed by atoms with Gasteiger partial charge in [0.05, 0.1) is 29.4 Å². The summed E-state index contributed by atoms with van der Waals surface area (Å²) in [7, 11) is 0. The van der Waals surface area contributed by atoms with Gasteiger partial charge in [0.25, 0.3) is 5.56 Å². The van der Waals surface area contributed by atoms with Crippen molar-refractivity contribution in [3.8, 4) is 0 Å². The van der Waals surface area contributed by atoms with Crippen LogP contribution in [-0.4, -0.2) is 25.7 Å². The Bertz CT molecular complexity index is 1030. The van der Waals surface area contributed by atoms with Crippen molar-refractivity contribution in [1.29, 1.82) is 0 Å². The van der Waals surface area contributed by atoms with Gasteiger partial charge in [0.2, 0.25) is 0 Å². The number of aliphatic hydroxyl groups excluding tert-OH is 1. The molecule has 5 nitrogen and oxygen atoms in total. The Morgan fingerprint density at radius 1 is 1.15 bits per heavy atom. The van der Waals surface area contributed by atoms with E-state index in [2.05, 4.69) is 9.97 Å². The quantitative estimate of drug-likeness (QED) is 0.666. The fourth-order valence-electron chi connectivity index (χ4n) is 3.72. The lowest BCUT2D eigenvalue weighted by Gasteiger charge is -2.29. The zero-order valence-corrected chi connectivity index (χ0v) is 16.1. The summed E-state index contributed by atoms with van der Waals surface area (Å²) >= 11 is 12.3. The number of aromatic nitrogens is 3. The van der Waals surface area contributed by atoms with Crippen LogP contribution in [0.1, 0.15) is 42.9 Å². The Kier molecular flexibility index (Phi) is 5.17. The molecule has 7 heteroatoms. The third kappa shape index (κ3) is 3.72. The van der Waals surface area contributed by atoms with Crippen LogP contribution >= 0.6 is 23.2 Å². The second-order valence-corrected chi connectivity index (χ2v) is 7.80. The zero-order valence-electron chi connectivity index (χ0n) is 14.6. The second kappa shape index (κ2) is 7.58. The first kappa shape index (κ1) is 18.4. The van der Waals surface area contributed by atoms with E-state index in [1.807, 2.05) is 6.07 Å². The van der Waals surface area contributed by atoms with Crippen LogP contribution in [-0.2, 0) is 6.42 Å². The summed E-state index contributed by atoms with van der Waals surface area (Å²) in [6, 6.07) is 6.91. The van der Waals surface area contributed by atoms with E-state index in [1.165, 1.54) is 6.33 Å². The molecule has 1 aliphatic rings. The molecule has 1 aliphatic carbocycles. The van der Waals surface area contributed by atoms with Gasteiger partial charge in [-0.2, -0.15) is 0 Å². The van der Waals surface area contributed by atoms with Crippen LogP contribution in [0.15, 0.2) is 41.6 Å². The third-order valence-electron chi connectivity index (χ3n) is 5.19. The molecule has 3 aromatic rings. The number of benzene rings is 1. The van der Waals surface area contributed by atoms with E-state index in [9.17, 15) is 9.90 Å². The van der Waals surface area contributed by atoms with Crippen molar-refractivity contribution in [2.45, 2.75) is 44.2 Å². The van der Waals surface area contributed by atoms with E-state index >= 15 is 0 Å². The van der Waals surface area contributed by atoms with Crippen LogP contribution in [0.5, 0.6) is 0 Å². The van der Waals surface area contributed by atoms with Gasteiger partial charge in [-0.1, -0.05) is 42.1 Å². The Morgan fingerprint density at radius 3 is 2.70 bits per heavy atom. The number of fused-ring (bicyclic) bond motifs is 1. The first-order valence-corrected chi connectivity index (χ1v) is 9.76. The molecule has 2 aromatic heterocycles. The van der Waals surface area contributed by atoms with E-state index in [0.717, 1.165) is 30.4 Å². The van der Waals surface area contributed by atoms with Gasteiger partial charge in [0.1, 0.15) is 5.15 Å². The minimum atomic E-state index is -0.511. The molecule has 0 aliphatic heterocycles. The SMILES string of the molecule is O=c1c2cc(Cc3ccc(Cl)nc3)c(Cl)cc2ncn1[C@H]1CCCC[C@@H]1O. The highest BCUT2D eigenvalue weighted by molar-refractivity contribution is 6.32. The predicted molar refractivity (Wildman–Crippen MR) is 107 cm³/mol. The lowest BCUT2D eigenvalue weighted by Crippen LogP contribution is -2.34. The molecule has 0 spiro atoms. The maximum Gasteiger partial charge on any atom is 0.261 e. The van der Waals surface area contributed by atoms with Crippen molar-refractivity contribution in [3.63, 3.8) is 0 Å². The van der Waals surface area contributed by atoms with Gasteiger partial charge in [-0.15, -0.1) is 0 Å². The van der Waals surface area contributed by atoms with Crippen LogP contribution in [0.3, 0.4) is 0 Å². The molecular formula is C20H19Cl2N3O2. The van der Waals surface area contributed by atoms with Crippen molar-refractivity contribution in [1.82, 2.24) is 14.5 Å². The monoisotopic (exact) mass is 403 g/mol. The van der Waals surface area contributed by atoms with Crippen LogP contribution in [0.4, 0.5) is 0 Å². The molecule has 1 saturated carbocycles. The summed E-state index contributed by atoms with van der Waals surface area (Å²) in [6.45, 7) is 0. The van der Waals surface area contributed by atoms with Crippen LogP contribution in [0.2, 0.25) is 10.2 Å². The molecule has 27 heavy (non-hydrogen) atoms. The molecule has 4 rings (SSSR count). The summed E-state index contributed by atoms with van der Waals surface area (Å²) in [5, 5.41) is 11.8. The molecule has 0 radical (unpaired) electrons. The number of halogens is 2. The summed E-state index contributed by atoms with van der Waals surface area (Å²) < 4.78 is 1.58. The summed E-state index contributed by atoms with van der Waals surface area (Å²) in [5.74, 6) is 0. The largest absolute Gasteiger partial charge is 0.391 e. The molecule has 1 fully saturated rings. The lowest BCUT2D eigenvalue weighted by molar-refractivity contribution is 0.0735. The molecule has 1 N–H and O–H groups in total. The average Bonchev–Trinajstić information content (AvgIpc) is 2.66. The van der Waals surface area contributed by atoms with E-state index in [0.29, 0.717) is 33.9 Å². The summed E-state index contributed by atoms with van der Waals surface area (Å²) in [4.78, 5) is 21.6. The van der Waals surface area contributed by atoms with Crippen molar-refractivity contribution in [2.24, 2.45) is 0 Å². The smallest absolute Gasteiger partial charge is 0.261 e. The highest BCUT2D eigenvalue weighted by Crippen LogP contribution is 2.29. The number of hydrogen-bond acceptors (Lipinski definition) is 4. The zero-order chi connectivity index (χ0) is 19.0. The van der Waals surface area contributed by atoms with E-state index in [-0.39, 0.29) is 11.6 Å². The Hall–Kier alpha value is -1.95. The molecule has 1 aromatic carbocycles. The Labute approximate surface area is 166 Å². The molecule has 140 valence electrons. The minimum Gasteiger partial charge on any atom is -0.391 e. The van der Waals surface area contributed by atoms with Crippen LogP contribution < -0.4 is 5.56 Å². The van der Waals surface area contributed by atoms with Gasteiger partial charge < -0.3 is 5.11 Å². The number of aliphatic hydroxyl groups is 1. The normalized spacial score (nSPS) is 20.1. The third-order valence-corrected chi connectivity index (χ3v) is 5.76. The van der Waals surface area contributed by atoms with Gasteiger partial charge in [0.15, 0.2) is 0 Å². The van der Waals surface area contributed by atoms with Gasteiger partial charge in [-0.25, -0.2) is 9.97 Å². The number of nitrogens with zero attached hydrogens (tertiary/aromatic N) is 3. The molecule has 0 bridgehead atoms.